The van der Waals surface area contributed by atoms with Crippen LogP contribution in [-0.4, -0.2) is 25.5 Å². The molecule has 1 aliphatic carbocycles. The summed E-state index contributed by atoms with van der Waals surface area (Å²) in [5.41, 5.74) is 5.56. The van der Waals surface area contributed by atoms with E-state index in [0.29, 0.717) is 13.2 Å². The number of rotatable bonds is 6. The maximum absolute atomic E-state index is 12.2. The summed E-state index contributed by atoms with van der Waals surface area (Å²) < 4.78 is 5.36. The number of Topliss-reactive ketones (excluding diaryl/α,β-unsaturated/α-hetero) is 1. The first kappa shape index (κ1) is 13.7. The summed E-state index contributed by atoms with van der Waals surface area (Å²) in [6, 6.07) is 0. The molecule has 1 aliphatic rings. The predicted molar refractivity (Wildman–Crippen MR) is 65.3 cm³/mol. The van der Waals surface area contributed by atoms with Gasteiger partial charge in [0.2, 0.25) is 0 Å². The molecule has 0 heterocycles. The second-order valence-electron chi connectivity index (χ2n) is 4.87. The van der Waals surface area contributed by atoms with E-state index in [1.54, 1.807) is 0 Å². The molecule has 0 atom stereocenters. The van der Waals surface area contributed by atoms with E-state index in [0.717, 1.165) is 32.1 Å². The van der Waals surface area contributed by atoms with E-state index in [1.807, 2.05) is 0 Å². The predicted octanol–water partition coefficient (Wildman–Crippen LogP) is 2.28. The van der Waals surface area contributed by atoms with Crippen molar-refractivity contribution in [3.8, 4) is 0 Å². The van der Waals surface area contributed by atoms with Crippen molar-refractivity contribution < 1.29 is 9.53 Å². The molecule has 0 aromatic rings. The maximum atomic E-state index is 12.2. The van der Waals surface area contributed by atoms with Gasteiger partial charge in [0.15, 0.2) is 5.78 Å². The lowest BCUT2D eigenvalue weighted by Gasteiger charge is -2.29. The number of nitrogens with two attached hydrogens (primary N) is 1. The van der Waals surface area contributed by atoms with Crippen molar-refractivity contribution in [2.75, 3.05) is 19.8 Å². The van der Waals surface area contributed by atoms with Crippen LogP contribution in [0.3, 0.4) is 0 Å². The van der Waals surface area contributed by atoms with Gasteiger partial charge in [-0.3, -0.25) is 4.79 Å². The van der Waals surface area contributed by atoms with Gasteiger partial charge >= 0.3 is 0 Å². The van der Waals surface area contributed by atoms with Gasteiger partial charge in [0.25, 0.3) is 0 Å². The van der Waals surface area contributed by atoms with E-state index in [9.17, 15) is 4.79 Å². The molecule has 1 fully saturated rings. The van der Waals surface area contributed by atoms with Gasteiger partial charge in [0.1, 0.15) is 6.61 Å². The van der Waals surface area contributed by atoms with Gasteiger partial charge in [0.05, 0.1) is 0 Å². The highest BCUT2D eigenvalue weighted by atomic mass is 16.5. The Morgan fingerprint density at radius 1 is 1.25 bits per heavy atom. The third-order valence-electron chi connectivity index (χ3n) is 3.62. The van der Waals surface area contributed by atoms with Gasteiger partial charge in [-0.1, -0.05) is 32.6 Å². The van der Waals surface area contributed by atoms with Crippen LogP contribution in [0, 0.1) is 5.41 Å². The second-order valence-corrected chi connectivity index (χ2v) is 4.87. The summed E-state index contributed by atoms with van der Waals surface area (Å²) >= 11 is 0. The van der Waals surface area contributed by atoms with Crippen molar-refractivity contribution in [2.45, 2.75) is 51.9 Å². The molecule has 1 saturated carbocycles. The fraction of sp³-hybridized carbons (Fsp3) is 0.923. The monoisotopic (exact) mass is 227 g/mol. The van der Waals surface area contributed by atoms with Crippen molar-refractivity contribution in [1.82, 2.24) is 0 Å². The molecule has 0 radical (unpaired) electrons. The van der Waals surface area contributed by atoms with Gasteiger partial charge in [-0.05, 0) is 19.3 Å². The number of hydrogen-bond donors (Lipinski definition) is 1. The maximum Gasteiger partial charge on any atom is 0.165 e. The average molecular weight is 227 g/mol. The molecule has 0 saturated heterocycles. The van der Waals surface area contributed by atoms with Gasteiger partial charge in [0, 0.05) is 18.6 Å². The van der Waals surface area contributed by atoms with E-state index in [1.165, 1.54) is 12.8 Å². The van der Waals surface area contributed by atoms with Crippen LogP contribution in [0.15, 0.2) is 0 Å². The molecule has 0 amide bonds. The van der Waals surface area contributed by atoms with Crippen molar-refractivity contribution in [2.24, 2.45) is 11.1 Å². The smallest absolute Gasteiger partial charge is 0.165 e. The first-order valence-electron chi connectivity index (χ1n) is 6.56. The molecule has 0 spiro atoms. The van der Waals surface area contributed by atoms with Crippen molar-refractivity contribution in [1.29, 1.82) is 0 Å². The summed E-state index contributed by atoms with van der Waals surface area (Å²) in [5, 5.41) is 0. The third-order valence-corrected chi connectivity index (χ3v) is 3.62. The average Bonchev–Trinajstić information content (AvgIpc) is 2.55. The highest BCUT2D eigenvalue weighted by molar-refractivity contribution is 5.86. The lowest BCUT2D eigenvalue weighted by molar-refractivity contribution is -0.133. The molecule has 0 bridgehead atoms. The molecule has 0 aromatic carbocycles. The van der Waals surface area contributed by atoms with Crippen molar-refractivity contribution in [3.05, 3.63) is 0 Å². The Balaban J connectivity index is 2.51. The largest absolute Gasteiger partial charge is 0.374 e. The fourth-order valence-corrected chi connectivity index (χ4v) is 2.46. The Bertz CT molecular complexity index is 208. The summed E-state index contributed by atoms with van der Waals surface area (Å²) in [6.45, 7) is 3.47. The Morgan fingerprint density at radius 3 is 2.38 bits per heavy atom. The van der Waals surface area contributed by atoms with Gasteiger partial charge < -0.3 is 10.5 Å². The van der Waals surface area contributed by atoms with Crippen LogP contribution in [0.4, 0.5) is 0 Å². The first-order valence-corrected chi connectivity index (χ1v) is 6.56. The standard InChI is InChI=1S/C13H25NO2/c1-2-9-16-10-12(15)13(11-14)7-5-3-4-6-8-13/h2-11,14H2,1H3. The lowest BCUT2D eigenvalue weighted by Crippen LogP contribution is -2.40. The minimum atomic E-state index is -0.274. The van der Waals surface area contributed by atoms with Crippen LogP contribution in [0.2, 0.25) is 0 Å². The number of hydrogen-bond acceptors (Lipinski definition) is 3. The number of carbonyl (C=O) groups is 1. The topological polar surface area (TPSA) is 52.3 Å². The minimum Gasteiger partial charge on any atom is -0.374 e. The van der Waals surface area contributed by atoms with Crippen LogP contribution in [0.1, 0.15) is 51.9 Å². The number of ether oxygens (including phenoxy) is 1. The number of ketones is 1. The quantitative estimate of drug-likeness (QED) is 0.559. The van der Waals surface area contributed by atoms with E-state index >= 15 is 0 Å². The normalized spacial score (nSPS) is 20.4. The van der Waals surface area contributed by atoms with Crippen LogP contribution >= 0.6 is 0 Å². The third kappa shape index (κ3) is 3.56. The summed E-state index contributed by atoms with van der Waals surface area (Å²) in [6.07, 6.45) is 7.63. The second kappa shape index (κ2) is 7.02. The molecule has 3 heteroatoms. The summed E-state index contributed by atoms with van der Waals surface area (Å²) in [5.74, 6) is 0.227. The van der Waals surface area contributed by atoms with Gasteiger partial charge in [-0.15, -0.1) is 0 Å². The zero-order valence-corrected chi connectivity index (χ0v) is 10.5. The Kier molecular flexibility index (Phi) is 5.99. The Morgan fingerprint density at radius 2 is 1.88 bits per heavy atom. The molecule has 0 unspecified atom stereocenters. The first-order chi connectivity index (χ1) is 7.75. The fourth-order valence-electron chi connectivity index (χ4n) is 2.46. The zero-order chi connectivity index (χ0) is 11.9. The summed E-state index contributed by atoms with van der Waals surface area (Å²) in [7, 11) is 0. The van der Waals surface area contributed by atoms with Crippen LogP contribution in [-0.2, 0) is 9.53 Å². The zero-order valence-electron chi connectivity index (χ0n) is 10.5. The highest BCUT2D eigenvalue weighted by Gasteiger charge is 2.36. The van der Waals surface area contributed by atoms with Crippen LogP contribution in [0.25, 0.3) is 0 Å². The SMILES string of the molecule is CCCOCC(=O)C1(CN)CCCCCC1. The molecule has 1 rings (SSSR count). The van der Waals surface area contributed by atoms with Crippen LogP contribution < -0.4 is 5.73 Å². The molecule has 0 aromatic heterocycles. The van der Waals surface area contributed by atoms with E-state index in [-0.39, 0.29) is 17.8 Å². The molecule has 0 aliphatic heterocycles. The van der Waals surface area contributed by atoms with Gasteiger partial charge in [-0.2, -0.15) is 0 Å². The summed E-state index contributed by atoms with van der Waals surface area (Å²) in [4.78, 5) is 12.2. The minimum absolute atomic E-state index is 0.227. The van der Waals surface area contributed by atoms with Gasteiger partial charge in [-0.25, -0.2) is 0 Å². The van der Waals surface area contributed by atoms with Crippen LogP contribution in [0.5, 0.6) is 0 Å². The molecular formula is C13H25NO2. The molecule has 94 valence electrons. The van der Waals surface area contributed by atoms with Crippen molar-refractivity contribution >= 4 is 5.78 Å². The van der Waals surface area contributed by atoms with Crippen molar-refractivity contribution in [3.63, 3.8) is 0 Å². The highest BCUT2D eigenvalue weighted by Crippen LogP contribution is 2.35. The molecule has 3 nitrogen and oxygen atoms in total. The Hall–Kier alpha value is -0.410. The molecule has 2 N–H and O–H groups in total. The lowest BCUT2D eigenvalue weighted by atomic mass is 9.77. The molecule has 16 heavy (non-hydrogen) atoms. The van der Waals surface area contributed by atoms with E-state index < -0.39 is 0 Å². The number of carbonyl (C=O) groups excluding carboxylic acids is 1. The van der Waals surface area contributed by atoms with E-state index in [2.05, 4.69) is 6.92 Å². The van der Waals surface area contributed by atoms with E-state index in [4.69, 9.17) is 10.5 Å². The molecular weight excluding hydrogens is 202 g/mol. The Labute approximate surface area is 98.7 Å².